The van der Waals surface area contributed by atoms with Crippen molar-refractivity contribution in [2.75, 3.05) is 5.32 Å². The highest BCUT2D eigenvalue weighted by atomic mass is 35.5. The van der Waals surface area contributed by atoms with Crippen LogP contribution in [0.2, 0.25) is 5.02 Å². The molecule has 0 aliphatic rings. The molecule has 0 saturated carbocycles. The first-order valence-electron chi connectivity index (χ1n) is 6.25. The lowest BCUT2D eigenvalue weighted by Crippen LogP contribution is -2.29. The van der Waals surface area contributed by atoms with Gasteiger partial charge in [0, 0.05) is 11.6 Å². The molecule has 108 valence electrons. The Labute approximate surface area is 127 Å². The Morgan fingerprint density at radius 2 is 1.71 bits per heavy atom. The average molecular weight is 304 g/mol. The molecule has 0 aliphatic carbocycles. The highest BCUT2D eigenvalue weighted by molar-refractivity contribution is 6.31. The van der Waals surface area contributed by atoms with E-state index >= 15 is 0 Å². The molecule has 2 aromatic carbocycles. The van der Waals surface area contributed by atoms with E-state index in [1.54, 1.807) is 30.3 Å². The predicted molar refractivity (Wildman–Crippen MR) is 82.3 cm³/mol. The first-order valence-corrected chi connectivity index (χ1v) is 6.63. The number of urea groups is 1. The molecule has 2 rings (SSSR count). The van der Waals surface area contributed by atoms with Crippen LogP contribution in [-0.2, 0) is 6.54 Å². The third kappa shape index (κ3) is 3.97. The van der Waals surface area contributed by atoms with E-state index in [9.17, 15) is 9.59 Å². The van der Waals surface area contributed by atoms with Crippen LogP contribution >= 0.6 is 11.6 Å². The number of carbonyl (C=O) groups is 2. The highest BCUT2D eigenvalue weighted by Crippen LogP contribution is 2.15. The van der Waals surface area contributed by atoms with Gasteiger partial charge in [-0.3, -0.25) is 4.79 Å². The monoisotopic (exact) mass is 303 g/mol. The number of halogens is 1. The van der Waals surface area contributed by atoms with Gasteiger partial charge in [-0.25, -0.2) is 4.79 Å². The molecule has 0 spiro atoms. The van der Waals surface area contributed by atoms with Crippen LogP contribution in [0.5, 0.6) is 0 Å². The average Bonchev–Trinajstić information content (AvgIpc) is 2.47. The van der Waals surface area contributed by atoms with Gasteiger partial charge in [-0.15, -0.1) is 0 Å². The summed E-state index contributed by atoms with van der Waals surface area (Å²) in [7, 11) is 0. The van der Waals surface area contributed by atoms with Gasteiger partial charge in [-0.05, 0) is 23.8 Å². The molecular formula is C15H14ClN3O2. The summed E-state index contributed by atoms with van der Waals surface area (Å²) in [5, 5.41) is 5.83. The van der Waals surface area contributed by atoms with Crippen molar-refractivity contribution in [3.8, 4) is 0 Å². The van der Waals surface area contributed by atoms with Crippen LogP contribution in [0.1, 0.15) is 15.9 Å². The van der Waals surface area contributed by atoms with Crippen molar-refractivity contribution in [2.24, 2.45) is 5.73 Å². The number of rotatable bonds is 4. The van der Waals surface area contributed by atoms with E-state index in [0.29, 0.717) is 10.7 Å². The summed E-state index contributed by atoms with van der Waals surface area (Å²) in [6.45, 7) is 0.282. The van der Waals surface area contributed by atoms with Crippen LogP contribution in [0, 0.1) is 0 Å². The van der Waals surface area contributed by atoms with E-state index in [4.69, 9.17) is 17.3 Å². The molecule has 0 fully saturated rings. The second-order valence-corrected chi connectivity index (χ2v) is 4.72. The minimum Gasteiger partial charge on any atom is -0.366 e. The number of para-hydroxylation sites is 1. The van der Waals surface area contributed by atoms with Crippen molar-refractivity contribution in [3.63, 3.8) is 0 Å². The Bertz CT molecular complexity index is 673. The number of hydrogen-bond acceptors (Lipinski definition) is 2. The molecule has 21 heavy (non-hydrogen) atoms. The van der Waals surface area contributed by atoms with Crippen molar-refractivity contribution < 1.29 is 9.59 Å². The Balaban J connectivity index is 2.00. The fraction of sp³-hybridized carbons (Fsp3) is 0.0667. The molecule has 6 heteroatoms. The lowest BCUT2D eigenvalue weighted by molar-refractivity contribution is 0.100. The zero-order valence-corrected chi connectivity index (χ0v) is 11.9. The van der Waals surface area contributed by atoms with Crippen LogP contribution in [0.15, 0.2) is 48.5 Å². The van der Waals surface area contributed by atoms with Crippen LogP contribution in [0.3, 0.4) is 0 Å². The maximum absolute atomic E-state index is 11.9. The molecule has 0 heterocycles. The van der Waals surface area contributed by atoms with Crippen molar-refractivity contribution in [3.05, 3.63) is 64.7 Å². The number of amides is 3. The van der Waals surface area contributed by atoms with Crippen LogP contribution in [0.4, 0.5) is 10.5 Å². The van der Waals surface area contributed by atoms with E-state index in [2.05, 4.69) is 10.6 Å². The van der Waals surface area contributed by atoms with E-state index in [-0.39, 0.29) is 12.1 Å². The molecular weight excluding hydrogens is 290 g/mol. The number of benzene rings is 2. The first-order chi connectivity index (χ1) is 10.1. The van der Waals surface area contributed by atoms with Gasteiger partial charge < -0.3 is 16.4 Å². The minimum atomic E-state index is -0.600. The predicted octanol–water partition coefficient (Wildman–Crippen LogP) is 2.76. The fourth-order valence-corrected chi connectivity index (χ4v) is 1.99. The van der Waals surface area contributed by atoms with Crippen molar-refractivity contribution in [2.45, 2.75) is 6.54 Å². The fourth-order valence-electron chi connectivity index (χ4n) is 1.79. The highest BCUT2D eigenvalue weighted by Gasteiger charge is 2.10. The molecule has 5 nitrogen and oxygen atoms in total. The number of anilines is 1. The smallest absolute Gasteiger partial charge is 0.319 e. The van der Waals surface area contributed by atoms with Crippen LogP contribution in [0.25, 0.3) is 0 Å². The standard InChI is InChI=1S/C15H14ClN3O2/c16-12-7-3-1-5-10(12)9-18-15(21)19-13-8-4-2-6-11(13)14(17)20/h1-8H,9H2,(H2,17,20)(H2,18,19,21). The SMILES string of the molecule is NC(=O)c1ccccc1NC(=O)NCc1ccccc1Cl. The number of carbonyl (C=O) groups excluding carboxylic acids is 2. The third-order valence-corrected chi connectivity index (χ3v) is 3.21. The summed E-state index contributed by atoms with van der Waals surface area (Å²) in [6.07, 6.45) is 0. The molecule has 0 bridgehead atoms. The van der Waals surface area contributed by atoms with E-state index in [0.717, 1.165) is 5.56 Å². The molecule has 0 unspecified atom stereocenters. The lowest BCUT2D eigenvalue weighted by Gasteiger charge is -2.10. The van der Waals surface area contributed by atoms with Gasteiger partial charge in [0.15, 0.2) is 0 Å². The molecule has 3 amide bonds. The van der Waals surface area contributed by atoms with E-state index in [1.165, 1.54) is 0 Å². The Morgan fingerprint density at radius 1 is 1.05 bits per heavy atom. The van der Waals surface area contributed by atoms with Gasteiger partial charge >= 0.3 is 6.03 Å². The van der Waals surface area contributed by atoms with Gasteiger partial charge in [0.1, 0.15) is 0 Å². The summed E-state index contributed by atoms with van der Waals surface area (Å²) >= 11 is 6.00. The van der Waals surface area contributed by atoms with Crippen molar-refractivity contribution in [1.29, 1.82) is 0 Å². The lowest BCUT2D eigenvalue weighted by atomic mass is 10.1. The quantitative estimate of drug-likeness (QED) is 0.811. The maximum Gasteiger partial charge on any atom is 0.319 e. The summed E-state index contributed by atoms with van der Waals surface area (Å²) in [4.78, 5) is 23.1. The molecule has 0 saturated heterocycles. The first kappa shape index (κ1) is 14.9. The maximum atomic E-state index is 11.9. The van der Waals surface area contributed by atoms with Crippen molar-refractivity contribution in [1.82, 2.24) is 5.32 Å². The molecule has 0 radical (unpaired) electrons. The van der Waals surface area contributed by atoms with Crippen molar-refractivity contribution >= 4 is 29.2 Å². The molecule has 0 aliphatic heterocycles. The van der Waals surface area contributed by atoms with Gasteiger partial charge in [-0.1, -0.05) is 41.9 Å². The summed E-state index contributed by atoms with van der Waals surface area (Å²) in [6, 6.07) is 13.3. The van der Waals surface area contributed by atoms with E-state index in [1.807, 2.05) is 18.2 Å². The van der Waals surface area contributed by atoms with Crippen LogP contribution < -0.4 is 16.4 Å². The molecule has 0 aromatic heterocycles. The zero-order valence-electron chi connectivity index (χ0n) is 11.1. The van der Waals surface area contributed by atoms with Gasteiger partial charge in [0.05, 0.1) is 11.3 Å². The largest absolute Gasteiger partial charge is 0.366 e. The Morgan fingerprint density at radius 3 is 2.43 bits per heavy atom. The van der Waals surface area contributed by atoms with Gasteiger partial charge in [0.2, 0.25) is 0 Å². The molecule has 2 aromatic rings. The normalized spacial score (nSPS) is 9.95. The topological polar surface area (TPSA) is 84.2 Å². The number of primary amides is 1. The second kappa shape index (κ2) is 6.76. The zero-order chi connectivity index (χ0) is 15.2. The number of nitrogens with one attached hydrogen (secondary N) is 2. The number of nitrogens with two attached hydrogens (primary N) is 1. The molecule has 0 atom stereocenters. The second-order valence-electron chi connectivity index (χ2n) is 4.31. The Hall–Kier alpha value is -2.53. The number of hydrogen-bond donors (Lipinski definition) is 3. The van der Waals surface area contributed by atoms with Gasteiger partial charge in [0.25, 0.3) is 5.91 Å². The summed E-state index contributed by atoms with van der Waals surface area (Å²) < 4.78 is 0. The molecule has 4 N–H and O–H groups in total. The minimum absolute atomic E-state index is 0.255. The van der Waals surface area contributed by atoms with E-state index < -0.39 is 11.9 Å². The third-order valence-electron chi connectivity index (χ3n) is 2.84. The Kier molecular flexibility index (Phi) is 4.79. The summed E-state index contributed by atoms with van der Waals surface area (Å²) in [5.41, 5.74) is 6.67. The van der Waals surface area contributed by atoms with Gasteiger partial charge in [-0.2, -0.15) is 0 Å². The van der Waals surface area contributed by atoms with Crippen LogP contribution in [-0.4, -0.2) is 11.9 Å². The summed E-state index contributed by atoms with van der Waals surface area (Å²) in [5.74, 6) is -0.600.